The molecule has 5 rings (SSSR count). The van der Waals surface area contributed by atoms with Crippen LogP contribution in [0.15, 0.2) is 72.8 Å². The van der Waals surface area contributed by atoms with E-state index in [9.17, 15) is 9.18 Å². The summed E-state index contributed by atoms with van der Waals surface area (Å²) >= 11 is 6.53. The molecule has 0 saturated carbocycles. The summed E-state index contributed by atoms with van der Waals surface area (Å²) in [5.41, 5.74) is 3.40. The first-order valence-corrected chi connectivity index (χ1v) is 11.2. The average molecular weight is 451 g/mol. The fraction of sp³-hybridized carbons (Fsp3) is 0.269. The molecule has 2 fully saturated rings. The number of hydrogen-bond donors (Lipinski definition) is 0. The second-order valence-electron chi connectivity index (χ2n) is 8.57. The van der Waals surface area contributed by atoms with E-state index in [1.54, 1.807) is 17.0 Å². The van der Waals surface area contributed by atoms with E-state index in [0.29, 0.717) is 11.6 Å². The van der Waals surface area contributed by atoms with Crippen molar-refractivity contribution >= 4 is 23.4 Å². The van der Waals surface area contributed by atoms with E-state index >= 15 is 0 Å². The summed E-state index contributed by atoms with van der Waals surface area (Å²) in [6.07, 6.45) is 1.36. The van der Waals surface area contributed by atoms with Crippen molar-refractivity contribution < 1.29 is 13.9 Å². The molecule has 2 heterocycles. The van der Waals surface area contributed by atoms with Gasteiger partial charge in [0.1, 0.15) is 11.4 Å². The Morgan fingerprint density at radius 3 is 2.38 bits per heavy atom. The number of para-hydroxylation sites is 1. The SMILES string of the molecule is O=C1OC2(CCN(Cc3ccc(-c4ccc(F)cc4)c(Cl)c3)CC2)CN1c1ccccc1. The molecule has 0 N–H and O–H groups in total. The van der Waals surface area contributed by atoms with Crippen LogP contribution >= 0.6 is 11.6 Å². The third-order valence-corrected chi connectivity index (χ3v) is 6.71. The van der Waals surface area contributed by atoms with Gasteiger partial charge in [0.15, 0.2) is 0 Å². The molecule has 4 nitrogen and oxygen atoms in total. The highest BCUT2D eigenvalue weighted by atomic mass is 35.5. The van der Waals surface area contributed by atoms with Gasteiger partial charge in [-0.3, -0.25) is 9.80 Å². The maximum Gasteiger partial charge on any atom is 0.415 e. The minimum absolute atomic E-state index is 0.257. The van der Waals surface area contributed by atoms with Crippen molar-refractivity contribution in [1.82, 2.24) is 4.90 Å². The van der Waals surface area contributed by atoms with Gasteiger partial charge < -0.3 is 4.74 Å². The summed E-state index contributed by atoms with van der Waals surface area (Å²) in [5, 5.41) is 0.658. The number of likely N-dealkylation sites (tertiary alicyclic amines) is 1. The Balaban J connectivity index is 1.21. The standard InChI is InChI=1S/C26H24ClFN2O2/c27-24-16-19(6-11-23(24)20-7-9-21(28)10-8-20)17-29-14-12-26(13-15-29)18-30(25(31)32-26)22-4-2-1-3-5-22/h1-11,16H,12-15,17-18H2. The van der Waals surface area contributed by atoms with Crippen LogP contribution in [0.1, 0.15) is 18.4 Å². The molecule has 0 unspecified atom stereocenters. The van der Waals surface area contributed by atoms with Crippen LogP contribution in [0, 0.1) is 5.82 Å². The average Bonchev–Trinajstić information content (AvgIpc) is 3.13. The van der Waals surface area contributed by atoms with Crippen molar-refractivity contribution in [2.45, 2.75) is 25.0 Å². The van der Waals surface area contributed by atoms with Crippen molar-refractivity contribution in [3.8, 4) is 11.1 Å². The zero-order chi connectivity index (χ0) is 22.1. The van der Waals surface area contributed by atoms with Gasteiger partial charge in [0.25, 0.3) is 0 Å². The van der Waals surface area contributed by atoms with Gasteiger partial charge in [-0.25, -0.2) is 9.18 Å². The lowest BCUT2D eigenvalue weighted by Crippen LogP contribution is -2.46. The number of benzene rings is 3. The second kappa shape index (κ2) is 8.57. The number of carbonyl (C=O) groups is 1. The molecule has 0 atom stereocenters. The Morgan fingerprint density at radius 2 is 1.69 bits per heavy atom. The Bertz CT molecular complexity index is 1110. The molecular weight excluding hydrogens is 427 g/mol. The first kappa shape index (κ1) is 21.0. The van der Waals surface area contributed by atoms with E-state index in [0.717, 1.165) is 54.9 Å². The van der Waals surface area contributed by atoms with Crippen LogP contribution < -0.4 is 4.90 Å². The van der Waals surface area contributed by atoms with E-state index in [2.05, 4.69) is 11.0 Å². The number of piperidine rings is 1. The van der Waals surface area contributed by atoms with Crippen molar-refractivity contribution in [3.05, 3.63) is 89.2 Å². The summed E-state index contributed by atoms with van der Waals surface area (Å²) < 4.78 is 19.1. The predicted molar refractivity (Wildman–Crippen MR) is 124 cm³/mol. The number of rotatable bonds is 4. The predicted octanol–water partition coefficient (Wildman–Crippen LogP) is 6.14. The monoisotopic (exact) mass is 450 g/mol. The van der Waals surface area contributed by atoms with Crippen LogP contribution in [-0.2, 0) is 11.3 Å². The topological polar surface area (TPSA) is 32.8 Å². The summed E-state index contributed by atoms with van der Waals surface area (Å²) in [4.78, 5) is 16.6. The number of carbonyl (C=O) groups excluding carboxylic acids is 1. The maximum absolute atomic E-state index is 13.2. The molecule has 2 aliphatic rings. The van der Waals surface area contributed by atoms with E-state index in [-0.39, 0.29) is 11.9 Å². The highest BCUT2D eigenvalue weighted by molar-refractivity contribution is 6.33. The van der Waals surface area contributed by atoms with Gasteiger partial charge in [-0.1, -0.05) is 54.1 Å². The fourth-order valence-electron chi connectivity index (χ4n) is 4.59. The molecule has 1 spiro atoms. The molecule has 0 radical (unpaired) electrons. The molecule has 0 bridgehead atoms. The van der Waals surface area contributed by atoms with Crippen LogP contribution in [0.3, 0.4) is 0 Å². The van der Waals surface area contributed by atoms with Crippen LogP contribution in [0.25, 0.3) is 11.1 Å². The third-order valence-electron chi connectivity index (χ3n) is 6.40. The number of amides is 1. The largest absolute Gasteiger partial charge is 0.441 e. The molecule has 164 valence electrons. The molecule has 3 aromatic rings. The second-order valence-corrected chi connectivity index (χ2v) is 8.98. The summed E-state index contributed by atoms with van der Waals surface area (Å²) in [6, 6.07) is 22.1. The molecule has 32 heavy (non-hydrogen) atoms. The van der Waals surface area contributed by atoms with Crippen molar-refractivity contribution in [3.63, 3.8) is 0 Å². The van der Waals surface area contributed by atoms with Gasteiger partial charge in [-0.05, 0) is 41.5 Å². The van der Waals surface area contributed by atoms with E-state index in [1.165, 1.54) is 12.1 Å². The van der Waals surface area contributed by atoms with Gasteiger partial charge in [0, 0.05) is 48.7 Å². The van der Waals surface area contributed by atoms with Crippen LogP contribution in [0.2, 0.25) is 5.02 Å². The molecular formula is C26H24ClFN2O2. The molecule has 3 aromatic carbocycles. The lowest BCUT2D eigenvalue weighted by Gasteiger charge is -2.37. The van der Waals surface area contributed by atoms with E-state index < -0.39 is 5.60 Å². The quantitative estimate of drug-likeness (QED) is 0.478. The minimum atomic E-state index is -0.409. The number of nitrogens with zero attached hydrogens (tertiary/aromatic N) is 2. The molecule has 1 amide bonds. The summed E-state index contributed by atoms with van der Waals surface area (Å²) in [6.45, 7) is 3.10. The lowest BCUT2D eigenvalue weighted by atomic mass is 9.91. The van der Waals surface area contributed by atoms with Crippen molar-refractivity contribution in [2.75, 3.05) is 24.5 Å². The van der Waals surface area contributed by atoms with Crippen LogP contribution in [0.4, 0.5) is 14.9 Å². The number of hydrogen-bond acceptors (Lipinski definition) is 3. The molecule has 6 heteroatoms. The first-order valence-electron chi connectivity index (χ1n) is 10.8. The summed E-state index contributed by atoms with van der Waals surface area (Å²) in [7, 11) is 0. The first-order chi connectivity index (χ1) is 15.5. The van der Waals surface area contributed by atoms with Crippen LogP contribution in [0.5, 0.6) is 0 Å². The number of halogens is 2. The van der Waals surface area contributed by atoms with E-state index in [4.69, 9.17) is 16.3 Å². The molecule has 0 aliphatic carbocycles. The van der Waals surface area contributed by atoms with Gasteiger partial charge >= 0.3 is 6.09 Å². The normalized spacial score (nSPS) is 18.2. The van der Waals surface area contributed by atoms with Gasteiger partial charge in [0.2, 0.25) is 0 Å². The number of anilines is 1. The minimum Gasteiger partial charge on any atom is -0.441 e. The molecule has 0 aromatic heterocycles. The Hall–Kier alpha value is -2.89. The van der Waals surface area contributed by atoms with E-state index in [1.807, 2.05) is 42.5 Å². The molecule has 2 saturated heterocycles. The Labute approximate surface area is 192 Å². The van der Waals surface area contributed by atoms with Crippen molar-refractivity contribution in [1.29, 1.82) is 0 Å². The Morgan fingerprint density at radius 1 is 0.969 bits per heavy atom. The molecule has 2 aliphatic heterocycles. The van der Waals surface area contributed by atoms with Gasteiger partial charge in [0.05, 0.1) is 6.54 Å². The van der Waals surface area contributed by atoms with Gasteiger partial charge in [-0.15, -0.1) is 0 Å². The lowest BCUT2D eigenvalue weighted by molar-refractivity contribution is -0.000970. The number of ether oxygens (including phenoxy) is 1. The Kier molecular flexibility index (Phi) is 5.62. The van der Waals surface area contributed by atoms with Gasteiger partial charge in [-0.2, -0.15) is 0 Å². The highest BCUT2D eigenvalue weighted by Crippen LogP contribution is 2.36. The zero-order valence-corrected chi connectivity index (χ0v) is 18.4. The van der Waals surface area contributed by atoms with Crippen molar-refractivity contribution in [2.24, 2.45) is 0 Å². The fourth-order valence-corrected chi connectivity index (χ4v) is 4.90. The smallest absolute Gasteiger partial charge is 0.415 e. The van der Waals surface area contributed by atoms with Crippen LogP contribution in [-0.4, -0.2) is 36.2 Å². The maximum atomic E-state index is 13.2. The third kappa shape index (κ3) is 4.23. The highest BCUT2D eigenvalue weighted by Gasteiger charge is 2.47. The zero-order valence-electron chi connectivity index (χ0n) is 17.6. The summed E-state index contributed by atoms with van der Waals surface area (Å²) in [5.74, 6) is -0.260.